The van der Waals surface area contributed by atoms with Gasteiger partial charge in [-0.05, 0) is 122 Å². The van der Waals surface area contributed by atoms with Crippen molar-refractivity contribution in [3.8, 4) is 17.3 Å². The Labute approximate surface area is 296 Å². The SMILES string of the molecule is Cc1ccc2c(c1)C(C)(C)C[C@@H]1OC(c3cc(Oc4ccc5c6cc(C)ccc6n(-c6cc(C(C)(C)C)ccn6)c5c4)c(C)cc3C)=N[C@]21C. The van der Waals surface area contributed by atoms with Crippen LogP contribution in [0.2, 0.25) is 0 Å². The van der Waals surface area contributed by atoms with Crippen LogP contribution in [0.25, 0.3) is 27.6 Å². The van der Waals surface area contributed by atoms with Crippen molar-refractivity contribution in [3.63, 3.8) is 0 Å². The number of fused-ring (bicyclic) bond motifs is 6. The van der Waals surface area contributed by atoms with E-state index in [1.54, 1.807) is 0 Å². The van der Waals surface area contributed by atoms with Crippen molar-refractivity contribution in [2.24, 2.45) is 4.99 Å². The first-order valence-electron chi connectivity index (χ1n) is 17.8. The summed E-state index contributed by atoms with van der Waals surface area (Å²) in [6.45, 7) is 22.1. The van der Waals surface area contributed by atoms with Crippen LogP contribution in [0.4, 0.5) is 0 Å². The lowest BCUT2D eigenvalue weighted by Crippen LogP contribution is -2.44. The van der Waals surface area contributed by atoms with E-state index >= 15 is 0 Å². The quantitative estimate of drug-likeness (QED) is 0.189. The van der Waals surface area contributed by atoms with Gasteiger partial charge in [-0.15, -0.1) is 0 Å². The molecule has 1 aliphatic heterocycles. The Bertz CT molecular complexity index is 2390. The van der Waals surface area contributed by atoms with Gasteiger partial charge in [-0.3, -0.25) is 4.57 Å². The van der Waals surface area contributed by atoms with Crippen LogP contribution in [-0.2, 0) is 21.1 Å². The first kappa shape index (κ1) is 32.3. The molecule has 0 saturated heterocycles. The van der Waals surface area contributed by atoms with Crippen LogP contribution < -0.4 is 4.74 Å². The third-order valence-corrected chi connectivity index (χ3v) is 11.1. The molecule has 50 heavy (non-hydrogen) atoms. The zero-order chi connectivity index (χ0) is 35.3. The van der Waals surface area contributed by atoms with E-state index in [1.807, 2.05) is 6.20 Å². The fourth-order valence-corrected chi connectivity index (χ4v) is 8.12. The number of aromatic nitrogens is 2. The number of rotatable bonds is 4. The molecule has 0 spiro atoms. The van der Waals surface area contributed by atoms with Crippen LogP contribution in [0.3, 0.4) is 0 Å². The first-order valence-corrected chi connectivity index (χ1v) is 17.8. The molecule has 0 amide bonds. The Kier molecular flexibility index (Phi) is 7.14. The van der Waals surface area contributed by atoms with Crippen molar-refractivity contribution < 1.29 is 9.47 Å². The van der Waals surface area contributed by atoms with Crippen LogP contribution in [0.5, 0.6) is 11.5 Å². The summed E-state index contributed by atoms with van der Waals surface area (Å²) >= 11 is 0. The second-order valence-electron chi connectivity index (χ2n) is 16.5. The number of nitrogens with zero attached hydrogens (tertiary/aromatic N) is 3. The zero-order valence-electron chi connectivity index (χ0n) is 31.0. The van der Waals surface area contributed by atoms with Crippen molar-refractivity contribution >= 4 is 27.7 Å². The lowest BCUT2D eigenvalue weighted by molar-refractivity contribution is 0.0971. The van der Waals surface area contributed by atoms with Gasteiger partial charge in [0.15, 0.2) is 0 Å². The molecule has 5 heteroatoms. The second kappa shape index (κ2) is 11.1. The van der Waals surface area contributed by atoms with E-state index in [0.717, 1.165) is 51.5 Å². The molecule has 5 nitrogen and oxygen atoms in total. The number of hydrogen-bond acceptors (Lipinski definition) is 4. The van der Waals surface area contributed by atoms with E-state index < -0.39 is 5.54 Å². The van der Waals surface area contributed by atoms with Gasteiger partial charge in [0.05, 0.1) is 11.0 Å². The van der Waals surface area contributed by atoms with Gasteiger partial charge in [0.2, 0.25) is 5.90 Å². The smallest absolute Gasteiger partial charge is 0.217 e. The predicted molar refractivity (Wildman–Crippen MR) is 206 cm³/mol. The minimum Gasteiger partial charge on any atom is -0.471 e. The lowest BCUT2D eigenvalue weighted by atomic mass is 9.64. The maximum Gasteiger partial charge on any atom is 0.217 e. The van der Waals surface area contributed by atoms with E-state index in [0.29, 0.717) is 5.90 Å². The van der Waals surface area contributed by atoms with E-state index in [-0.39, 0.29) is 16.9 Å². The van der Waals surface area contributed by atoms with Crippen LogP contribution in [-0.4, -0.2) is 21.6 Å². The van der Waals surface area contributed by atoms with Gasteiger partial charge >= 0.3 is 0 Å². The van der Waals surface area contributed by atoms with Gasteiger partial charge in [-0.25, -0.2) is 9.98 Å². The molecule has 0 radical (unpaired) electrons. The summed E-state index contributed by atoms with van der Waals surface area (Å²) < 4.78 is 15.8. The number of hydrogen-bond donors (Lipinski definition) is 0. The third-order valence-electron chi connectivity index (χ3n) is 11.1. The van der Waals surface area contributed by atoms with E-state index in [2.05, 4.69) is 153 Å². The van der Waals surface area contributed by atoms with E-state index in [4.69, 9.17) is 19.5 Å². The van der Waals surface area contributed by atoms with Gasteiger partial charge < -0.3 is 9.47 Å². The second-order valence-corrected chi connectivity index (χ2v) is 16.5. The summed E-state index contributed by atoms with van der Waals surface area (Å²) in [5.74, 6) is 3.15. The number of benzene rings is 4. The lowest BCUT2D eigenvalue weighted by Gasteiger charge is -2.43. The molecule has 0 fully saturated rings. The minimum atomic E-state index is -0.443. The van der Waals surface area contributed by atoms with Crippen LogP contribution >= 0.6 is 0 Å². The number of aryl methyl sites for hydroxylation is 4. The highest BCUT2D eigenvalue weighted by Gasteiger charge is 2.52. The molecule has 0 unspecified atom stereocenters. The molecule has 254 valence electrons. The first-order chi connectivity index (χ1) is 23.6. The highest BCUT2D eigenvalue weighted by Crippen LogP contribution is 2.51. The molecular weight excluding hydrogens is 615 g/mol. The van der Waals surface area contributed by atoms with Crippen molar-refractivity contribution in [3.05, 3.63) is 130 Å². The van der Waals surface area contributed by atoms with Gasteiger partial charge in [0, 0.05) is 28.6 Å². The molecule has 0 saturated carbocycles. The minimum absolute atomic E-state index is 0.00312. The standard InChI is InChI=1S/C45H47N3O2/c1-26-12-16-37-34(19-26)32-14-13-31(23-38(32)48(37)41-22-30(17-18-46-41)43(5,6)7)49-39-24-33(28(3)21-29(39)4)42-47-45(10)35-15-11-27(2)20-36(35)44(8,9)25-40(45)50-42/h11-24,40H,25H2,1-10H3/t40-,45+/m0/s1. The molecule has 1 aliphatic carbocycles. The highest BCUT2D eigenvalue weighted by atomic mass is 16.5. The Balaban J connectivity index is 1.21. The predicted octanol–water partition coefficient (Wildman–Crippen LogP) is 11.2. The number of ether oxygens (including phenoxy) is 2. The van der Waals surface area contributed by atoms with E-state index in [1.165, 1.54) is 38.6 Å². The van der Waals surface area contributed by atoms with Crippen LogP contribution in [0, 0.1) is 27.7 Å². The Morgan fingerprint density at radius 3 is 2.30 bits per heavy atom. The topological polar surface area (TPSA) is 48.6 Å². The van der Waals surface area contributed by atoms with E-state index in [9.17, 15) is 0 Å². The Morgan fingerprint density at radius 2 is 1.52 bits per heavy atom. The van der Waals surface area contributed by atoms with Crippen LogP contribution in [0.15, 0.2) is 90.1 Å². The molecule has 0 N–H and O–H groups in total. The molecule has 2 aliphatic rings. The zero-order valence-corrected chi connectivity index (χ0v) is 31.0. The van der Waals surface area contributed by atoms with Crippen molar-refractivity contribution in [1.82, 2.24) is 9.55 Å². The highest BCUT2D eigenvalue weighted by molar-refractivity contribution is 6.09. The summed E-state index contributed by atoms with van der Waals surface area (Å²) in [6.07, 6.45) is 2.79. The maximum absolute atomic E-state index is 6.79. The molecule has 8 rings (SSSR count). The summed E-state index contributed by atoms with van der Waals surface area (Å²) in [5, 5.41) is 2.37. The molecule has 2 atom stereocenters. The molecule has 3 heterocycles. The summed E-state index contributed by atoms with van der Waals surface area (Å²) in [4.78, 5) is 10.2. The third kappa shape index (κ3) is 5.12. The average molecular weight is 662 g/mol. The largest absolute Gasteiger partial charge is 0.471 e. The van der Waals surface area contributed by atoms with Crippen molar-refractivity contribution in [2.75, 3.05) is 0 Å². The molecule has 2 aromatic heterocycles. The number of aliphatic imine (C=N–C) groups is 1. The molecule has 0 bridgehead atoms. The summed E-state index contributed by atoms with van der Waals surface area (Å²) in [6, 6.07) is 28.5. The van der Waals surface area contributed by atoms with Crippen LogP contribution in [0.1, 0.15) is 92.5 Å². The fraction of sp³-hybridized carbons (Fsp3) is 0.333. The summed E-state index contributed by atoms with van der Waals surface area (Å²) in [7, 11) is 0. The normalized spacial score (nSPS) is 19.6. The average Bonchev–Trinajstić information content (AvgIpc) is 3.55. The fourth-order valence-electron chi connectivity index (χ4n) is 8.12. The Morgan fingerprint density at radius 1 is 0.760 bits per heavy atom. The van der Waals surface area contributed by atoms with Crippen molar-refractivity contribution in [2.45, 2.75) is 98.1 Å². The van der Waals surface area contributed by atoms with Gasteiger partial charge in [0.1, 0.15) is 29.0 Å². The maximum atomic E-state index is 6.79. The molecular formula is C45H47N3O2. The van der Waals surface area contributed by atoms with Gasteiger partial charge in [-0.1, -0.05) is 76.1 Å². The monoisotopic (exact) mass is 661 g/mol. The number of pyridine rings is 1. The van der Waals surface area contributed by atoms with Crippen molar-refractivity contribution in [1.29, 1.82) is 0 Å². The van der Waals surface area contributed by atoms with Gasteiger partial charge in [-0.2, -0.15) is 0 Å². The van der Waals surface area contributed by atoms with Gasteiger partial charge in [0.25, 0.3) is 0 Å². The Hall–Kier alpha value is -4.90. The molecule has 6 aromatic rings. The molecule has 4 aromatic carbocycles. The summed E-state index contributed by atoms with van der Waals surface area (Å²) in [5.41, 5.74) is 11.3.